The van der Waals surface area contributed by atoms with Gasteiger partial charge in [-0.15, -0.1) is 0 Å². The fourth-order valence-electron chi connectivity index (χ4n) is 4.68. The highest BCUT2D eigenvalue weighted by atomic mass is 35.5. The number of ether oxygens (including phenoxy) is 1. The Labute approximate surface area is 258 Å². The molecule has 2 heterocycles. The van der Waals surface area contributed by atoms with Gasteiger partial charge in [-0.25, -0.2) is 4.79 Å². The van der Waals surface area contributed by atoms with Gasteiger partial charge in [-0.1, -0.05) is 73.0 Å². The quantitative estimate of drug-likeness (QED) is 0.114. The average Bonchev–Trinajstić information content (AvgIpc) is 3.46. The minimum Gasteiger partial charge on any atom is -0.462 e. The molecule has 0 aliphatic carbocycles. The number of anilines is 1. The molecule has 1 aliphatic heterocycles. The fraction of sp³-hybridized carbons (Fsp3) is 0.212. The Kier molecular flexibility index (Phi) is 9.33. The number of amides is 3. The van der Waals surface area contributed by atoms with Crippen molar-refractivity contribution < 1.29 is 23.9 Å². The van der Waals surface area contributed by atoms with Crippen LogP contribution in [0.25, 0.3) is 17.0 Å². The third-order valence-corrected chi connectivity index (χ3v) is 8.19. The average molecular weight is 616 g/mol. The van der Waals surface area contributed by atoms with Crippen LogP contribution in [0, 0.1) is 6.92 Å². The summed E-state index contributed by atoms with van der Waals surface area (Å²) < 4.78 is 7.34. The van der Waals surface area contributed by atoms with Gasteiger partial charge in [0, 0.05) is 34.9 Å². The van der Waals surface area contributed by atoms with E-state index in [1.54, 1.807) is 6.08 Å². The lowest BCUT2D eigenvalue weighted by atomic mass is 10.1. The summed E-state index contributed by atoms with van der Waals surface area (Å²) in [5.74, 6) is -1.73. The number of thioether (sulfide) groups is 1. The Balaban J connectivity index is 1.30. The first-order valence-electron chi connectivity index (χ1n) is 13.9. The smallest absolute Gasteiger partial charge is 0.339 e. The molecule has 1 N–H and O–H groups in total. The van der Waals surface area contributed by atoms with Crippen LogP contribution in [0.2, 0.25) is 5.02 Å². The number of para-hydroxylation sites is 1. The molecule has 1 aromatic heterocycles. The number of nitrogens with zero attached hydrogens (tertiary/aromatic N) is 2. The normalized spacial score (nSPS) is 14.1. The monoisotopic (exact) mass is 615 g/mol. The second-order valence-electron chi connectivity index (χ2n) is 10.2. The topological polar surface area (TPSA) is 97.7 Å². The number of aromatic nitrogens is 1. The predicted octanol–water partition coefficient (Wildman–Crippen LogP) is 7.28. The minimum absolute atomic E-state index is 0.117. The van der Waals surface area contributed by atoms with Gasteiger partial charge in [0.2, 0.25) is 5.91 Å². The second-order valence-corrected chi connectivity index (χ2v) is 11.6. The van der Waals surface area contributed by atoms with Gasteiger partial charge < -0.3 is 14.6 Å². The molecule has 3 amide bonds. The third kappa shape index (κ3) is 7.01. The zero-order valence-electron chi connectivity index (χ0n) is 23.8. The molecule has 1 saturated heterocycles. The number of rotatable bonds is 10. The van der Waals surface area contributed by atoms with E-state index >= 15 is 0 Å². The van der Waals surface area contributed by atoms with Gasteiger partial charge in [0.1, 0.15) is 6.54 Å². The van der Waals surface area contributed by atoms with E-state index in [4.69, 9.17) is 16.3 Å². The van der Waals surface area contributed by atoms with Crippen molar-refractivity contribution in [3.63, 3.8) is 0 Å². The molecule has 0 atom stereocenters. The van der Waals surface area contributed by atoms with E-state index in [2.05, 4.69) is 34.1 Å². The molecule has 43 heavy (non-hydrogen) atoms. The number of imide groups is 1. The largest absolute Gasteiger partial charge is 0.462 e. The highest BCUT2D eigenvalue weighted by Crippen LogP contribution is 2.34. The van der Waals surface area contributed by atoms with Crippen molar-refractivity contribution in [3.8, 4) is 0 Å². The predicted molar refractivity (Wildman–Crippen MR) is 170 cm³/mol. The molecule has 0 radical (unpaired) electrons. The first kappa shape index (κ1) is 30.1. The van der Waals surface area contributed by atoms with Crippen LogP contribution in [0.5, 0.6) is 0 Å². The summed E-state index contributed by atoms with van der Waals surface area (Å²) in [5.41, 5.74) is 4.55. The van der Waals surface area contributed by atoms with Crippen LogP contribution in [0.15, 0.2) is 77.8 Å². The zero-order valence-corrected chi connectivity index (χ0v) is 25.3. The van der Waals surface area contributed by atoms with Crippen molar-refractivity contribution in [1.29, 1.82) is 0 Å². The number of hydrogen-bond acceptors (Lipinski definition) is 6. The van der Waals surface area contributed by atoms with Crippen LogP contribution in [0.3, 0.4) is 0 Å². The molecule has 0 bridgehead atoms. The van der Waals surface area contributed by atoms with Crippen LogP contribution < -0.4 is 5.32 Å². The lowest BCUT2D eigenvalue weighted by molar-refractivity contribution is -0.127. The number of carbonyl (C=O) groups is 4. The summed E-state index contributed by atoms with van der Waals surface area (Å²) in [4.78, 5) is 52.4. The molecule has 0 spiro atoms. The molecule has 1 fully saturated rings. The van der Waals surface area contributed by atoms with E-state index in [0.29, 0.717) is 12.2 Å². The number of fused-ring (bicyclic) bond motifs is 1. The van der Waals surface area contributed by atoms with Gasteiger partial charge in [-0.05, 0) is 61.0 Å². The van der Waals surface area contributed by atoms with E-state index in [1.165, 1.54) is 23.8 Å². The maximum absolute atomic E-state index is 13.2. The second kappa shape index (κ2) is 13.3. The Morgan fingerprint density at radius 2 is 1.81 bits per heavy atom. The lowest BCUT2D eigenvalue weighted by Crippen LogP contribution is -2.36. The maximum atomic E-state index is 13.2. The van der Waals surface area contributed by atoms with E-state index in [1.807, 2.05) is 44.3 Å². The summed E-state index contributed by atoms with van der Waals surface area (Å²) in [6.45, 7) is 4.47. The fourth-order valence-corrected chi connectivity index (χ4v) is 5.70. The molecular formula is C33H30ClN3O5S. The van der Waals surface area contributed by atoms with Crippen molar-refractivity contribution in [1.82, 2.24) is 9.47 Å². The molecule has 0 saturated carbocycles. The maximum Gasteiger partial charge on any atom is 0.339 e. The number of hydrogen-bond donors (Lipinski definition) is 1. The molecule has 0 unspecified atom stereocenters. The highest BCUT2D eigenvalue weighted by Gasteiger charge is 2.36. The number of benzene rings is 3. The molecule has 3 aromatic carbocycles. The molecule has 4 aromatic rings. The van der Waals surface area contributed by atoms with Crippen LogP contribution in [-0.4, -0.2) is 45.6 Å². The van der Waals surface area contributed by atoms with Crippen LogP contribution in [0.1, 0.15) is 46.8 Å². The molecule has 220 valence electrons. The van der Waals surface area contributed by atoms with E-state index in [9.17, 15) is 19.2 Å². The number of halogens is 1. The van der Waals surface area contributed by atoms with E-state index in [-0.39, 0.29) is 22.1 Å². The van der Waals surface area contributed by atoms with Gasteiger partial charge in [0.05, 0.1) is 22.1 Å². The summed E-state index contributed by atoms with van der Waals surface area (Å²) in [5, 5.41) is 3.24. The summed E-state index contributed by atoms with van der Waals surface area (Å²) >= 11 is 6.96. The molecule has 10 heteroatoms. The molecule has 1 aliphatic rings. The van der Waals surface area contributed by atoms with Gasteiger partial charge in [-0.3, -0.25) is 19.3 Å². The van der Waals surface area contributed by atoms with Gasteiger partial charge in [0.15, 0.2) is 0 Å². The Morgan fingerprint density at radius 3 is 2.58 bits per heavy atom. The molecule has 8 nitrogen and oxygen atoms in total. The summed E-state index contributed by atoms with van der Waals surface area (Å²) in [6.07, 6.45) is 5.27. The van der Waals surface area contributed by atoms with Crippen molar-refractivity contribution in [2.24, 2.45) is 0 Å². The van der Waals surface area contributed by atoms with Crippen LogP contribution in [0.4, 0.5) is 10.5 Å². The van der Waals surface area contributed by atoms with Crippen molar-refractivity contribution in [3.05, 3.63) is 105 Å². The van der Waals surface area contributed by atoms with Crippen molar-refractivity contribution in [2.75, 3.05) is 18.5 Å². The number of aryl methyl sites for hydroxylation is 1. The van der Waals surface area contributed by atoms with Gasteiger partial charge in [0.25, 0.3) is 11.1 Å². The Hall–Kier alpha value is -4.34. The third-order valence-electron chi connectivity index (χ3n) is 6.96. The number of unbranched alkanes of at least 4 members (excludes halogenated alkanes) is 1. The van der Waals surface area contributed by atoms with Gasteiger partial charge in [-0.2, -0.15) is 0 Å². The first-order valence-corrected chi connectivity index (χ1v) is 15.1. The number of carbonyl (C=O) groups excluding carboxylic acids is 4. The summed E-state index contributed by atoms with van der Waals surface area (Å²) in [7, 11) is 0. The molecular weight excluding hydrogens is 586 g/mol. The Bertz CT molecular complexity index is 1750. The van der Waals surface area contributed by atoms with Crippen LogP contribution >= 0.6 is 23.4 Å². The highest BCUT2D eigenvalue weighted by molar-refractivity contribution is 8.18. The Morgan fingerprint density at radius 1 is 1.05 bits per heavy atom. The van der Waals surface area contributed by atoms with E-state index < -0.39 is 29.6 Å². The standard InChI is InChI=1S/C33H30ClN3O5S/c1-3-4-15-42-32(40)26-17-24(13-14-27(26)34)35-30(38)20-37-31(39)29(43-33(37)41)16-23-19-36(28-8-6-5-7-25(23)28)18-22-11-9-21(2)10-12-22/h5-14,16-17,19H,3-4,15,18,20H2,1-2H3,(H,35,38)/b29-16-. The summed E-state index contributed by atoms with van der Waals surface area (Å²) in [6, 6.07) is 20.6. The van der Waals surface area contributed by atoms with Crippen LogP contribution in [-0.2, 0) is 20.9 Å². The lowest BCUT2D eigenvalue weighted by Gasteiger charge is -2.13. The van der Waals surface area contributed by atoms with Gasteiger partial charge >= 0.3 is 5.97 Å². The number of nitrogens with one attached hydrogen (secondary N) is 1. The molecule has 5 rings (SSSR count). The first-order chi connectivity index (χ1) is 20.7. The minimum atomic E-state index is -0.592. The SMILES string of the molecule is CCCCOC(=O)c1cc(NC(=O)CN2C(=O)S/C(=C\c3cn(Cc4ccc(C)cc4)c4ccccc34)C2=O)ccc1Cl. The van der Waals surface area contributed by atoms with E-state index in [0.717, 1.165) is 51.5 Å². The zero-order chi connectivity index (χ0) is 30.5. The van der Waals surface area contributed by atoms with Crippen molar-refractivity contribution >= 4 is 69.1 Å². The number of esters is 1. The van der Waals surface area contributed by atoms with Crippen molar-refractivity contribution in [2.45, 2.75) is 33.2 Å².